The van der Waals surface area contributed by atoms with Gasteiger partial charge in [-0.15, -0.1) is 0 Å². The van der Waals surface area contributed by atoms with Gasteiger partial charge in [0, 0.05) is 18.3 Å². The van der Waals surface area contributed by atoms with Gasteiger partial charge in [-0.05, 0) is 38.1 Å². The van der Waals surface area contributed by atoms with E-state index in [0.717, 1.165) is 18.8 Å². The average Bonchev–Trinajstić information content (AvgIpc) is 2.80. The summed E-state index contributed by atoms with van der Waals surface area (Å²) in [5, 5.41) is 7.68. The van der Waals surface area contributed by atoms with Crippen molar-refractivity contribution in [1.82, 2.24) is 15.1 Å². The molecule has 0 saturated heterocycles. The Morgan fingerprint density at radius 2 is 2.00 bits per heavy atom. The van der Waals surface area contributed by atoms with Crippen molar-refractivity contribution in [2.75, 3.05) is 13.7 Å². The maximum absolute atomic E-state index is 5.62. The molecule has 0 saturated carbocycles. The van der Waals surface area contributed by atoms with Crippen LogP contribution in [0.3, 0.4) is 0 Å². The summed E-state index contributed by atoms with van der Waals surface area (Å²) in [7, 11) is 3.94. The molecule has 1 N–H and O–H groups in total. The van der Waals surface area contributed by atoms with E-state index in [1.54, 1.807) is 0 Å². The Kier molecular flexibility index (Phi) is 4.79. The number of ether oxygens (including phenoxy) is 1. The van der Waals surface area contributed by atoms with E-state index in [9.17, 15) is 0 Å². The molecule has 1 heterocycles. The minimum Gasteiger partial charge on any atom is -0.494 e. The van der Waals surface area contributed by atoms with Gasteiger partial charge in [0.1, 0.15) is 5.75 Å². The second-order valence-corrected chi connectivity index (χ2v) is 4.95. The van der Waals surface area contributed by atoms with E-state index in [1.165, 1.54) is 16.8 Å². The Morgan fingerprint density at radius 3 is 2.50 bits per heavy atom. The number of aromatic nitrogens is 2. The molecule has 0 radical (unpaired) electrons. The molecule has 2 rings (SSSR count). The van der Waals surface area contributed by atoms with Crippen LogP contribution >= 0.6 is 0 Å². The SMILES string of the molecule is CCCOc1ccc(C(NC)c2cnn(C)c2C)cc1. The number of hydrogen-bond acceptors (Lipinski definition) is 3. The molecule has 1 unspecified atom stereocenters. The Bertz CT molecular complexity index is 545. The van der Waals surface area contributed by atoms with Crippen LogP contribution in [0, 0.1) is 6.92 Å². The van der Waals surface area contributed by atoms with Crippen LogP contribution in [0.4, 0.5) is 0 Å². The molecule has 0 bridgehead atoms. The van der Waals surface area contributed by atoms with Crippen LogP contribution in [0.5, 0.6) is 5.75 Å². The topological polar surface area (TPSA) is 39.1 Å². The van der Waals surface area contributed by atoms with Gasteiger partial charge in [-0.25, -0.2) is 0 Å². The lowest BCUT2D eigenvalue weighted by molar-refractivity contribution is 0.317. The zero-order chi connectivity index (χ0) is 14.5. The summed E-state index contributed by atoms with van der Waals surface area (Å²) in [6, 6.07) is 8.43. The monoisotopic (exact) mass is 273 g/mol. The van der Waals surface area contributed by atoms with Crippen molar-refractivity contribution >= 4 is 0 Å². The third-order valence-electron chi connectivity index (χ3n) is 3.56. The molecule has 0 fully saturated rings. The summed E-state index contributed by atoms with van der Waals surface area (Å²) >= 11 is 0. The first-order chi connectivity index (χ1) is 9.67. The third-order valence-corrected chi connectivity index (χ3v) is 3.56. The minimum absolute atomic E-state index is 0.156. The van der Waals surface area contributed by atoms with Crippen molar-refractivity contribution in [1.29, 1.82) is 0 Å². The molecule has 0 spiro atoms. The Balaban J connectivity index is 2.21. The largest absolute Gasteiger partial charge is 0.494 e. The van der Waals surface area contributed by atoms with Crippen LogP contribution in [0.15, 0.2) is 30.5 Å². The molecular formula is C16H23N3O. The van der Waals surface area contributed by atoms with Crippen LogP contribution < -0.4 is 10.1 Å². The fourth-order valence-electron chi connectivity index (χ4n) is 2.28. The van der Waals surface area contributed by atoms with E-state index in [-0.39, 0.29) is 6.04 Å². The van der Waals surface area contributed by atoms with E-state index >= 15 is 0 Å². The van der Waals surface area contributed by atoms with Gasteiger partial charge < -0.3 is 10.1 Å². The van der Waals surface area contributed by atoms with Crippen LogP contribution in [0.2, 0.25) is 0 Å². The highest BCUT2D eigenvalue weighted by atomic mass is 16.5. The predicted molar refractivity (Wildman–Crippen MR) is 81.1 cm³/mol. The Labute approximate surface area is 120 Å². The minimum atomic E-state index is 0.156. The number of benzene rings is 1. The molecule has 0 amide bonds. The number of nitrogens with one attached hydrogen (secondary N) is 1. The molecule has 4 heteroatoms. The zero-order valence-electron chi connectivity index (χ0n) is 12.7. The molecule has 108 valence electrons. The number of nitrogens with zero attached hydrogens (tertiary/aromatic N) is 2. The van der Waals surface area contributed by atoms with Gasteiger partial charge in [0.25, 0.3) is 0 Å². The van der Waals surface area contributed by atoms with Gasteiger partial charge in [-0.3, -0.25) is 4.68 Å². The van der Waals surface area contributed by atoms with Crippen molar-refractivity contribution in [3.63, 3.8) is 0 Å². The molecule has 1 atom stereocenters. The highest BCUT2D eigenvalue weighted by molar-refractivity contribution is 5.36. The van der Waals surface area contributed by atoms with E-state index in [0.29, 0.717) is 0 Å². The lowest BCUT2D eigenvalue weighted by Crippen LogP contribution is -2.18. The molecule has 0 aliphatic rings. The number of aryl methyl sites for hydroxylation is 1. The van der Waals surface area contributed by atoms with Gasteiger partial charge in [0.15, 0.2) is 0 Å². The number of rotatable bonds is 6. The first-order valence-electron chi connectivity index (χ1n) is 7.05. The molecule has 20 heavy (non-hydrogen) atoms. The molecule has 2 aromatic rings. The fourth-order valence-corrected chi connectivity index (χ4v) is 2.28. The summed E-state index contributed by atoms with van der Waals surface area (Å²) in [5.74, 6) is 0.924. The highest BCUT2D eigenvalue weighted by Gasteiger charge is 2.16. The smallest absolute Gasteiger partial charge is 0.119 e. The van der Waals surface area contributed by atoms with Crippen molar-refractivity contribution in [3.8, 4) is 5.75 Å². The predicted octanol–water partition coefficient (Wildman–Crippen LogP) is 2.83. The van der Waals surface area contributed by atoms with Crippen LogP contribution in [0.25, 0.3) is 0 Å². The Morgan fingerprint density at radius 1 is 1.30 bits per heavy atom. The molecular weight excluding hydrogens is 250 g/mol. The third kappa shape index (κ3) is 3.02. The van der Waals surface area contributed by atoms with E-state index in [1.807, 2.05) is 37.1 Å². The summed E-state index contributed by atoms with van der Waals surface area (Å²) in [4.78, 5) is 0. The summed E-state index contributed by atoms with van der Waals surface area (Å²) in [6.07, 6.45) is 2.95. The molecule has 0 aliphatic heterocycles. The zero-order valence-corrected chi connectivity index (χ0v) is 12.7. The first-order valence-corrected chi connectivity index (χ1v) is 7.05. The second kappa shape index (κ2) is 6.57. The molecule has 0 aliphatic carbocycles. The van der Waals surface area contributed by atoms with Crippen molar-refractivity contribution in [2.24, 2.45) is 7.05 Å². The van der Waals surface area contributed by atoms with Gasteiger partial charge in [-0.2, -0.15) is 5.10 Å². The standard InChI is InChI=1S/C16H23N3O/c1-5-10-20-14-8-6-13(7-9-14)16(17-3)15-11-18-19(4)12(15)2/h6-9,11,16-17H,5,10H2,1-4H3. The fraction of sp³-hybridized carbons (Fsp3) is 0.438. The quantitative estimate of drug-likeness (QED) is 0.879. The lowest BCUT2D eigenvalue weighted by Gasteiger charge is -2.17. The first kappa shape index (κ1) is 14.6. The van der Waals surface area contributed by atoms with Gasteiger partial charge in [0.2, 0.25) is 0 Å². The summed E-state index contributed by atoms with van der Waals surface area (Å²) in [6.45, 7) is 4.96. The van der Waals surface area contributed by atoms with Crippen LogP contribution in [-0.2, 0) is 7.05 Å². The highest BCUT2D eigenvalue weighted by Crippen LogP contribution is 2.25. The van der Waals surface area contributed by atoms with Crippen LogP contribution in [0.1, 0.15) is 36.2 Å². The molecule has 4 nitrogen and oxygen atoms in total. The van der Waals surface area contributed by atoms with E-state index < -0.39 is 0 Å². The van der Waals surface area contributed by atoms with Crippen molar-refractivity contribution < 1.29 is 4.74 Å². The lowest BCUT2D eigenvalue weighted by atomic mass is 9.99. The van der Waals surface area contributed by atoms with Crippen molar-refractivity contribution in [2.45, 2.75) is 26.3 Å². The summed E-state index contributed by atoms with van der Waals surface area (Å²) in [5.41, 5.74) is 3.60. The van der Waals surface area contributed by atoms with Gasteiger partial charge >= 0.3 is 0 Å². The van der Waals surface area contributed by atoms with Gasteiger partial charge in [0.05, 0.1) is 18.8 Å². The normalized spacial score (nSPS) is 12.4. The van der Waals surface area contributed by atoms with E-state index in [2.05, 4.69) is 36.4 Å². The van der Waals surface area contributed by atoms with Crippen molar-refractivity contribution in [3.05, 3.63) is 47.3 Å². The average molecular weight is 273 g/mol. The Hall–Kier alpha value is -1.81. The van der Waals surface area contributed by atoms with E-state index in [4.69, 9.17) is 4.74 Å². The maximum Gasteiger partial charge on any atom is 0.119 e. The van der Waals surface area contributed by atoms with Gasteiger partial charge in [-0.1, -0.05) is 19.1 Å². The summed E-state index contributed by atoms with van der Waals surface area (Å²) < 4.78 is 7.52. The molecule has 1 aromatic heterocycles. The molecule has 1 aromatic carbocycles. The van der Waals surface area contributed by atoms with Crippen LogP contribution in [-0.4, -0.2) is 23.4 Å². The maximum atomic E-state index is 5.62. The second-order valence-electron chi connectivity index (χ2n) is 4.95. The number of hydrogen-bond donors (Lipinski definition) is 1.